The smallest absolute Gasteiger partial charge is 0.119 e. The van der Waals surface area contributed by atoms with Crippen molar-refractivity contribution in [2.24, 2.45) is 0 Å². The number of rotatable bonds is 7. The Balaban J connectivity index is 2.18. The molecule has 0 saturated heterocycles. The lowest BCUT2D eigenvalue weighted by Crippen LogP contribution is -2.12. The monoisotopic (exact) mass is 220 g/mol. The maximum Gasteiger partial charge on any atom is 0.119 e. The molecule has 16 heavy (non-hydrogen) atoms. The number of ether oxygens (including phenoxy) is 1. The van der Waals surface area contributed by atoms with E-state index in [0.717, 1.165) is 17.7 Å². The van der Waals surface area contributed by atoms with E-state index < -0.39 is 0 Å². The van der Waals surface area contributed by atoms with E-state index in [1.54, 1.807) is 0 Å². The average Bonchev–Trinajstić information content (AvgIpc) is 2.30. The number of hydrogen-bond acceptors (Lipinski definition) is 2. The van der Waals surface area contributed by atoms with E-state index in [1.807, 2.05) is 30.3 Å². The lowest BCUT2D eigenvalue weighted by Gasteiger charge is -2.12. The highest BCUT2D eigenvalue weighted by Gasteiger charge is 2.05. The molecule has 0 aliphatic rings. The first-order valence-electron chi connectivity index (χ1n) is 5.75. The number of aliphatic hydroxyl groups is 1. The van der Waals surface area contributed by atoms with E-state index in [9.17, 15) is 5.11 Å². The summed E-state index contributed by atoms with van der Waals surface area (Å²) in [7, 11) is 0. The first kappa shape index (κ1) is 12.8. The molecule has 0 heterocycles. The van der Waals surface area contributed by atoms with Crippen LogP contribution in [-0.2, 0) is 0 Å². The van der Waals surface area contributed by atoms with Crippen LogP contribution < -0.4 is 4.74 Å². The Hall–Kier alpha value is -1.28. The highest BCUT2D eigenvalue weighted by atomic mass is 16.5. The normalized spacial score (nSPS) is 12.1. The molecule has 0 bridgehead atoms. The van der Waals surface area contributed by atoms with Gasteiger partial charge in [-0.05, 0) is 25.0 Å². The summed E-state index contributed by atoms with van der Waals surface area (Å²) in [6.07, 6.45) is 1.91. The average molecular weight is 220 g/mol. The van der Waals surface area contributed by atoms with Crippen molar-refractivity contribution < 1.29 is 9.84 Å². The van der Waals surface area contributed by atoms with Gasteiger partial charge < -0.3 is 9.84 Å². The second-order valence-corrected chi connectivity index (χ2v) is 3.91. The molecule has 0 aliphatic carbocycles. The Bertz CT molecular complexity index is 306. The first-order chi connectivity index (χ1) is 7.72. The maximum absolute atomic E-state index is 9.69. The molecule has 1 aromatic rings. The van der Waals surface area contributed by atoms with Crippen LogP contribution in [0.15, 0.2) is 42.5 Å². The number of benzene rings is 1. The van der Waals surface area contributed by atoms with Crippen LogP contribution in [0.2, 0.25) is 0 Å². The van der Waals surface area contributed by atoms with Crippen LogP contribution in [0.5, 0.6) is 5.75 Å². The van der Waals surface area contributed by atoms with Crippen LogP contribution in [0.1, 0.15) is 26.2 Å². The van der Waals surface area contributed by atoms with Crippen molar-refractivity contribution in [3.05, 3.63) is 42.5 Å². The zero-order chi connectivity index (χ0) is 11.8. The number of hydrogen-bond donors (Lipinski definition) is 1. The van der Waals surface area contributed by atoms with Gasteiger partial charge in [0.1, 0.15) is 5.75 Å². The summed E-state index contributed by atoms with van der Waals surface area (Å²) in [6, 6.07) is 9.65. The summed E-state index contributed by atoms with van der Waals surface area (Å²) < 4.78 is 5.50. The van der Waals surface area contributed by atoms with Gasteiger partial charge in [0, 0.05) is 6.42 Å². The molecule has 1 aromatic carbocycles. The van der Waals surface area contributed by atoms with Crippen molar-refractivity contribution in [1.29, 1.82) is 0 Å². The Morgan fingerprint density at radius 2 is 2.06 bits per heavy atom. The number of para-hydroxylation sites is 1. The van der Waals surface area contributed by atoms with E-state index in [0.29, 0.717) is 19.4 Å². The summed E-state index contributed by atoms with van der Waals surface area (Å²) in [5.74, 6) is 0.851. The summed E-state index contributed by atoms with van der Waals surface area (Å²) in [5, 5.41) is 9.69. The minimum atomic E-state index is -0.337. The Morgan fingerprint density at radius 3 is 2.69 bits per heavy atom. The van der Waals surface area contributed by atoms with E-state index in [2.05, 4.69) is 13.5 Å². The lowest BCUT2D eigenvalue weighted by molar-refractivity contribution is 0.139. The second-order valence-electron chi connectivity index (χ2n) is 3.91. The molecule has 0 aromatic heterocycles. The van der Waals surface area contributed by atoms with E-state index >= 15 is 0 Å². The third-order valence-electron chi connectivity index (χ3n) is 2.49. The molecule has 0 saturated carbocycles. The summed E-state index contributed by atoms with van der Waals surface area (Å²) >= 11 is 0. The third kappa shape index (κ3) is 4.99. The standard InChI is InChI=1S/C14H20O2/c1-3-12(2)11-13(15)9-10-16-14-7-5-4-6-8-14/h4-8,13,15H,2-3,9-11H2,1H3. The predicted octanol–water partition coefficient (Wildman–Crippen LogP) is 3.17. The Kier molecular flexibility index (Phi) is 5.65. The van der Waals surface area contributed by atoms with E-state index in [4.69, 9.17) is 4.74 Å². The van der Waals surface area contributed by atoms with Gasteiger partial charge in [-0.2, -0.15) is 0 Å². The molecule has 0 amide bonds. The molecule has 1 unspecified atom stereocenters. The molecule has 2 heteroatoms. The third-order valence-corrected chi connectivity index (χ3v) is 2.49. The predicted molar refractivity (Wildman–Crippen MR) is 66.6 cm³/mol. The van der Waals surface area contributed by atoms with E-state index in [1.165, 1.54) is 0 Å². The fourth-order valence-electron chi connectivity index (χ4n) is 1.41. The number of aliphatic hydroxyl groups excluding tert-OH is 1. The summed E-state index contributed by atoms with van der Waals surface area (Å²) in [5.41, 5.74) is 1.09. The van der Waals surface area contributed by atoms with E-state index in [-0.39, 0.29) is 6.10 Å². The van der Waals surface area contributed by atoms with Crippen LogP contribution in [0.3, 0.4) is 0 Å². The van der Waals surface area contributed by atoms with Crippen LogP contribution in [-0.4, -0.2) is 17.8 Å². The molecular formula is C14H20O2. The topological polar surface area (TPSA) is 29.5 Å². The lowest BCUT2D eigenvalue weighted by atomic mass is 10.1. The van der Waals surface area contributed by atoms with Crippen molar-refractivity contribution in [2.75, 3.05) is 6.61 Å². The molecule has 0 fully saturated rings. The van der Waals surface area contributed by atoms with Crippen molar-refractivity contribution in [3.8, 4) is 5.75 Å². The van der Waals surface area contributed by atoms with Crippen molar-refractivity contribution in [2.45, 2.75) is 32.3 Å². The van der Waals surface area contributed by atoms with Crippen molar-refractivity contribution in [3.63, 3.8) is 0 Å². The first-order valence-corrected chi connectivity index (χ1v) is 5.75. The van der Waals surface area contributed by atoms with Gasteiger partial charge in [0.2, 0.25) is 0 Å². The highest BCUT2D eigenvalue weighted by molar-refractivity contribution is 5.20. The molecule has 0 spiro atoms. The Morgan fingerprint density at radius 1 is 1.38 bits per heavy atom. The van der Waals surface area contributed by atoms with Gasteiger partial charge in [-0.25, -0.2) is 0 Å². The summed E-state index contributed by atoms with van der Waals surface area (Å²) in [4.78, 5) is 0. The molecule has 1 N–H and O–H groups in total. The van der Waals surface area contributed by atoms with Gasteiger partial charge >= 0.3 is 0 Å². The molecule has 1 rings (SSSR count). The minimum absolute atomic E-state index is 0.337. The zero-order valence-corrected chi connectivity index (χ0v) is 9.86. The van der Waals surface area contributed by atoms with Gasteiger partial charge in [0.15, 0.2) is 0 Å². The molecule has 88 valence electrons. The quantitative estimate of drug-likeness (QED) is 0.715. The maximum atomic E-state index is 9.69. The molecule has 0 aliphatic heterocycles. The van der Waals surface area contributed by atoms with Gasteiger partial charge in [-0.3, -0.25) is 0 Å². The molecule has 2 nitrogen and oxygen atoms in total. The zero-order valence-electron chi connectivity index (χ0n) is 9.86. The van der Waals surface area contributed by atoms with Gasteiger partial charge in [0.25, 0.3) is 0 Å². The van der Waals surface area contributed by atoms with Crippen LogP contribution in [0.4, 0.5) is 0 Å². The minimum Gasteiger partial charge on any atom is -0.493 e. The van der Waals surface area contributed by atoms with Crippen LogP contribution >= 0.6 is 0 Å². The summed E-state index contributed by atoms with van der Waals surface area (Å²) in [6.45, 7) is 6.47. The molecule has 1 atom stereocenters. The Labute approximate surface area is 97.6 Å². The molecular weight excluding hydrogens is 200 g/mol. The SMILES string of the molecule is C=C(CC)CC(O)CCOc1ccccc1. The van der Waals surface area contributed by atoms with Crippen LogP contribution in [0.25, 0.3) is 0 Å². The fraction of sp³-hybridized carbons (Fsp3) is 0.429. The second kappa shape index (κ2) is 7.07. The van der Waals surface area contributed by atoms with Crippen LogP contribution in [0, 0.1) is 0 Å². The van der Waals surface area contributed by atoms with Crippen molar-refractivity contribution >= 4 is 0 Å². The van der Waals surface area contributed by atoms with Crippen molar-refractivity contribution in [1.82, 2.24) is 0 Å². The fourth-order valence-corrected chi connectivity index (χ4v) is 1.41. The van der Waals surface area contributed by atoms with Gasteiger partial charge in [-0.15, -0.1) is 0 Å². The highest BCUT2D eigenvalue weighted by Crippen LogP contribution is 2.12. The van der Waals surface area contributed by atoms with Gasteiger partial charge in [-0.1, -0.05) is 37.3 Å². The largest absolute Gasteiger partial charge is 0.493 e. The van der Waals surface area contributed by atoms with Gasteiger partial charge in [0.05, 0.1) is 12.7 Å². The molecule has 0 radical (unpaired) electrons.